The molecule has 7 nitrogen and oxygen atoms in total. The summed E-state index contributed by atoms with van der Waals surface area (Å²) in [7, 11) is 0. The summed E-state index contributed by atoms with van der Waals surface area (Å²) in [6.07, 6.45) is 1.48. The molecule has 8 heteroatoms. The molecule has 1 amide bonds. The molecule has 1 aliphatic rings. The number of aromatic nitrogens is 3. The molecule has 0 bridgehead atoms. The Kier molecular flexibility index (Phi) is 4.14. The number of ether oxygens (including phenoxy) is 1. The molecule has 0 saturated heterocycles. The van der Waals surface area contributed by atoms with E-state index >= 15 is 0 Å². The summed E-state index contributed by atoms with van der Waals surface area (Å²) < 4.78 is 12.8. The summed E-state index contributed by atoms with van der Waals surface area (Å²) in [5.41, 5.74) is 2.92. The molecular formula is C16H16N4O3S. The maximum atomic E-state index is 12.0. The summed E-state index contributed by atoms with van der Waals surface area (Å²) in [5, 5.41) is 15.5. The normalized spacial score (nSPS) is 17.2. The van der Waals surface area contributed by atoms with Crippen LogP contribution in [0.1, 0.15) is 16.2 Å². The van der Waals surface area contributed by atoms with Crippen LogP contribution < -0.4 is 5.32 Å². The van der Waals surface area contributed by atoms with Crippen molar-refractivity contribution in [2.75, 3.05) is 13.2 Å². The largest absolute Gasteiger partial charge is 0.459 e. The van der Waals surface area contributed by atoms with Gasteiger partial charge in [-0.1, -0.05) is 5.21 Å². The molecule has 3 aromatic rings. The fraction of sp³-hybridized carbons (Fsp3) is 0.312. The lowest BCUT2D eigenvalue weighted by Gasteiger charge is -2.14. The van der Waals surface area contributed by atoms with Crippen LogP contribution in [0, 0.1) is 5.92 Å². The first-order valence-corrected chi connectivity index (χ1v) is 8.60. The Balaban J connectivity index is 1.44. The van der Waals surface area contributed by atoms with Crippen LogP contribution in [-0.2, 0) is 17.9 Å². The first-order valence-electron chi connectivity index (χ1n) is 7.65. The van der Waals surface area contributed by atoms with E-state index in [4.69, 9.17) is 9.15 Å². The average molecular weight is 344 g/mol. The quantitative estimate of drug-likeness (QED) is 0.784. The second-order valence-corrected chi connectivity index (χ2v) is 6.43. The highest BCUT2D eigenvalue weighted by molar-refractivity contribution is 7.08. The van der Waals surface area contributed by atoms with Gasteiger partial charge >= 0.3 is 0 Å². The Bertz CT molecular complexity index is 811. The number of hydrogen-bond acceptors (Lipinski definition) is 6. The fourth-order valence-electron chi connectivity index (χ4n) is 2.72. The van der Waals surface area contributed by atoms with Gasteiger partial charge < -0.3 is 14.5 Å². The molecule has 0 aromatic carbocycles. The van der Waals surface area contributed by atoms with Crippen LogP contribution in [0.2, 0.25) is 0 Å². The Labute approximate surface area is 142 Å². The summed E-state index contributed by atoms with van der Waals surface area (Å²) in [6.45, 7) is 2.18. The standard InChI is InChI=1S/C16H16N4O3S/c21-16(14-2-1-4-23-14)17-6-11-7-20-13(9-22-8-11)15(18-19-20)12-3-5-24-10-12/h1-5,10-11H,6-9H2,(H,17,21)/t11-/m0/s1. The number of nitrogens with zero attached hydrogens (tertiary/aromatic N) is 3. The van der Waals surface area contributed by atoms with Crippen molar-refractivity contribution < 1.29 is 13.9 Å². The van der Waals surface area contributed by atoms with Crippen LogP contribution in [0.25, 0.3) is 11.3 Å². The second-order valence-electron chi connectivity index (χ2n) is 5.65. The topological polar surface area (TPSA) is 82.2 Å². The van der Waals surface area contributed by atoms with Crippen LogP contribution in [0.15, 0.2) is 39.6 Å². The van der Waals surface area contributed by atoms with Gasteiger partial charge in [-0.3, -0.25) is 4.79 Å². The highest BCUT2D eigenvalue weighted by Gasteiger charge is 2.23. The molecule has 0 spiro atoms. The van der Waals surface area contributed by atoms with Crippen molar-refractivity contribution >= 4 is 17.2 Å². The van der Waals surface area contributed by atoms with Gasteiger partial charge in [-0.2, -0.15) is 11.3 Å². The van der Waals surface area contributed by atoms with Crippen molar-refractivity contribution in [3.63, 3.8) is 0 Å². The number of amides is 1. The van der Waals surface area contributed by atoms with Crippen molar-refractivity contribution in [1.82, 2.24) is 20.3 Å². The summed E-state index contributed by atoms with van der Waals surface area (Å²) in [4.78, 5) is 12.0. The van der Waals surface area contributed by atoms with Gasteiger partial charge in [0.05, 0.1) is 25.2 Å². The van der Waals surface area contributed by atoms with E-state index in [1.807, 2.05) is 16.1 Å². The number of thiophene rings is 1. The van der Waals surface area contributed by atoms with E-state index in [1.54, 1.807) is 23.5 Å². The molecule has 1 aliphatic heterocycles. The molecule has 124 valence electrons. The molecule has 4 rings (SSSR count). The Morgan fingerprint density at radius 1 is 1.46 bits per heavy atom. The van der Waals surface area contributed by atoms with Crippen molar-refractivity contribution in [2.24, 2.45) is 5.92 Å². The van der Waals surface area contributed by atoms with Crippen molar-refractivity contribution in [2.45, 2.75) is 13.2 Å². The molecule has 3 aromatic heterocycles. The van der Waals surface area contributed by atoms with E-state index in [0.717, 1.165) is 17.0 Å². The van der Waals surface area contributed by atoms with Gasteiger partial charge in [0.25, 0.3) is 5.91 Å². The predicted octanol–water partition coefficient (Wildman–Crippen LogP) is 2.18. The van der Waals surface area contributed by atoms with Crippen LogP contribution in [-0.4, -0.2) is 34.1 Å². The molecule has 0 fully saturated rings. The van der Waals surface area contributed by atoms with E-state index in [9.17, 15) is 4.79 Å². The predicted molar refractivity (Wildman–Crippen MR) is 87.5 cm³/mol. The maximum absolute atomic E-state index is 12.0. The molecule has 0 unspecified atom stereocenters. The van der Waals surface area contributed by atoms with E-state index in [-0.39, 0.29) is 11.8 Å². The third kappa shape index (κ3) is 2.98. The van der Waals surface area contributed by atoms with Gasteiger partial charge in [-0.15, -0.1) is 5.10 Å². The van der Waals surface area contributed by atoms with Gasteiger partial charge in [0.2, 0.25) is 0 Å². The smallest absolute Gasteiger partial charge is 0.286 e. The Morgan fingerprint density at radius 2 is 2.42 bits per heavy atom. The second kappa shape index (κ2) is 6.58. The highest BCUT2D eigenvalue weighted by atomic mass is 32.1. The first kappa shape index (κ1) is 15.1. The van der Waals surface area contributed by atoms with Crippen LogP contribution in [0.3, 0.4) is 0 Å². The monoisotopic (exact) mass is 344 g/mol. The minimum Gasteiger partial charge on any atom is -0.459 e. The molecule has 0 saturated carbocycles. The molecule has 24 heavy (non-hydrogen) atoms. The number of carbonyl (C=O) groups excluding carboxylic acids is 1. The third-order valence-electron chi connectivity index (χ3n) is 3.95. The summed E-state index contributed by atoms with van der Waals surface area (Å²) in [6, 6.07) is 5.36. The van der Waals surface area contributed by atoms with E-state index in [1.165, 1.54) is 6.26 Å². The van der Waals surface area contributed by atoms with Crippen molar-refractivity contribution in [1.29, 1.82) is 0 Å². The minimum absolute atomic E-state index is 0.127. The van der Waals surface area contributed by atoms with E-state index in [0.29, 0.717) is 32.1 Å². The minimum atomic E-state index is -0.220. The highest BCUT2D eigenvalue weighted by Crippen LogP contribution is 2.26. The molecule has 4 heterocycles. The summed E-state index contributed by atoms with van der Waals surface area (Å²) in [5.74, 6) is 0.218. The van der Waals surface area contributed by atoms with Gasteiger partial charge in [-0.05, 0) is 23.6 Å². The lowest BCUT2D eigenvalue weighted by atomic mass is 10.1. The Hall–Kier alpha value is -2.45. The molecule has 1 atom stereocenters. The van der Waals surface area contributed by atoms with Gasteiger partial charge in [0.1, 0.15) is 5.69 Å². The summed E-state index contributed by atoms with van der Waals surface area (Å²) >= 11 is 1.63. The zero-order valence-electron chi connectivity index (χ0n) is 12.8. The number of fused-ring (bicyclic) bond motifs is 1. The number of hydrogen-bond donors (Lipinski definition) is 1. The zero-order chi connectivity index (χ0) is 16.4. The lowest BCUT2D eigenvalue weighted by molar-refractivity contribution is 0.0835. The molecular weight excluding hydrogens is 328 g/mol. The van der Waals surface area contributed by atoms with Crippen molar-refractivity contribution in [3.8, 4) is 11.3 Å². The first-order chi connectivity index (χ1) is 11.8. The number of furan rings is 1. The van der Waals surface area contributed by atoms with Gasteiger partial charge in [0, 0.05) is 30.0 Å². The maximum Gasteiger partial charge on any atom is 0.286 e. The fourth-order valence-corrected chi connectivity index (χ4v) is 3.36. The number of rotatable bonds is 4. The number of nitrogens with one attached hydrogen (secondary N) is 1. The number of carbonyl (C=O) groups is 1. The van der Waals surface area contributed by atoms with Gasteiger partial charge in [0.15, 0.2) is 5.76 Å². The van der Waals surface area contributed by atoms with Crippen LogP contribution in [0.5, 0.6) is 0 Å². The lowest BCUT2D eigenvalue weighted by Crippen LogP contribution is -2.32. The van der Waals surface area contributed by atoms with E-state index in [2.05, 4.69) is 21.0 Å². The Morgan fingerprint density at radius 3 is 3.21 bits per heavy atom. The SMILES string of the molecule is O=C(NC[C@@H]1COCc2c(-c3ccsc3)nnn2C1)c1ccco1. The van der Waals surface area contributed by atoms with Crippen molar-refractivity contribution in [3.05, 3.63) is 46.7 Å². The molecule has 1 N–H and O–H groups in total. The molecule has 0 radical (unpaired) electrons. The van der Waals surface area contributed by atoms with Gasteiger partial charge in [-0.25, -0.2) is 4.68 Å². The molecule has 0 aliphatic carbocycles. The third-order valence-corrected chi connectivity index (χ3v) is 4.64. The zero-order valence-corrected chi connectivity index (χ0v) is 13.7. The average Bonchev–Trinajstić information content (AvgIpc) is 3.32. The van der Waals surface area contributed by atoms with Crippen LogP contribution in [0.4, 0.5) is 0 Å². The van der Waals surface area contributed by atoms with Crippen LogP contribution >= 0.6 is 11.3 Å². The van der Waals surface area contributed by atoms with E-state index < -0.39 is 0 Å².